The van der Waals surface area contributed by atoms with Gasteiger partial charge in [-0.2, -0.15) is 0 Å². The molecule has 0 saturated carbocycles. The lowest BCUT2D eigenvalue weighted by atomic mass is 10.1. The van der Waals surface area contributed by atoms with Crippen LogP contribution in [0.15, 0.2) is 54.6 Å². The lowest BCUT2D eigenvalue weighted by molar-refractivity contribution is -0.128. The van der Waals surface area contributed by atoms with Crippen molar-refractivity contribution in [2.75, 3.05) is 25.5 Å². The Kier molecular flexibility index (Phi) is 7.22. The molecule has 2 aromatic carbocycles. The second-order valence-electron chi connectivity index (χ2n) is 7.78. The van der Waals surface area contributed by atoms with E-state index < -0.39 is 0 Å². The van der Waals surface area contributed by atoms with E-state index in [1.54, 1.807) is 41.1 Å². The predicted octanol–water partition coefficient (Wildman–Crippen LogP) is 3.55. The van der Waals surface area contributed by atoms with Crippen LogP contribution >= 0.6 is 0 Å². The minimum absolute atomic E-state index is 0.0237. The molecule has 0 aliphatic carbocycles. The van der Waals surface area contributed by atoms with Gasteiger partial charge in [-0.3, -0.25) is 14.4 Å². The van der Waals surface area contributed by atoms with Crippen LogP contribution in [0.5, 0.6) is 0 Å². The van der Waals surface area contributed by atoms with Gasteiger partial charge in [0.2, 0.25) is 11.8 Å². The van der Waals surface area contributed by atoms with Crippen molar-refractivity contribution >= 4 is 23.4 Å². The molecule has 1 N–H and O–H groups in total. The van der Waals surface area contributed by atoms with Gasteiger partial charge in [0.15, 0.2) is 0 Å². The Labute approximate surface area is 177 Å². The van der Waals surface area contributed by atoms with Gasteiger partial charge in [-0.15, -0.1) is 0 Å². The van der Waals surface area contributed by atoms with Gasteiger partial charge in [0.25, 0.3) is 5.91 Å². The average Bonchev–Trinajstić information content (AvgIpc) is 3.13. The second kappa shape index (κ2) is 10.1. The van der Waals surface area contributed by atoms with Crippen LogP contribution in [0.2, 0.25) is 0 Å². The number of carbonyl (C=O) groups is 3. The molecule has 1 atom stereocenters. The monoisotopic (exact) mass is 407 g/mol. The number of hydrogen-bond acceptors (Lipinski definition) is 3. The molecule has 1 aliphatic rings. The van der Waals surface area contributed by atoms with E-state index in [0.29, 0.717) is 30.9 Å². The van der Waals surface area contributed by atoms with Gasteiger partial charge in [0.1, 0.15) is 0 Å². The van der Waals surface area contributed by atoms with Gasteiger partial charge in [-0.05, 0) is 24.1 Å². The van der Waals surface area contributed by atoms with Gasteiger partial charge in [-0.1, -0.05) is 55.8 Å². The molecule has 0 unspecified atom stereocenters. The summed E-state index contributed by atoms with van der Waals surface area (Å²) in [6.45, 7) is 3.69. The summed E-state index contributed by atoms with van der Waals surface area (Å²) in [6.07, 6.45) is 2.16. The number of anilines is 1. The van der Waals surface area contributed by atoms with E-state index in [4.69, 9.17) is 0 Å². The van der Waals surface area contributed by atoms with Crippen LogP contribution < -0.4 is 5.32 Å². The number of benzene rings is 2. The number of likely N-dealkylation sites (tertiary alicyclic amines) is 1. The Hall–Kier alpha value is -3.15. The molecule has 6 heteroatoms. The fraction of sp³-hybridized carbons (Fsp3) is 0.375. The predicted molar refractivity (Wildman–Crippen MR) is 117 cm³/mol. The maximum absolute atomic E-state index is 13.0. The summed E-state index contributed by atoms with van der Waals surface area (Å²) in [6, 6.07) is 16.8. The highest BCUT2D eigenvalue weighted by Crippen LogP contribution is 2.23. The Balaban J connectivity index is 1.67. The molecule has 1 fully saturated rings. The minimum Gasteiger partial charge on any atom is -0.342 e. The molecule has 0 radical (unpaired) electrons. The zero-order chi connectivity index (χ0) is 21.5. The average molecular weight is 408 g/mol. The molecule has 158 valence electrons. The number of carbonyl (C=O) groups excluding carboxylic acids is 3. The molecule has 0 aromatic heterocycles. The van der Waals surface area contributed by atoms with Gasteiger partial charge >= 0.3 is 0 Å². The fourth-order valence-corrected chi connectivity index (χ4v) is 3.66. The largest absolute Gasteiger partial charge is 0.342 e. The maximum atomic E-state index is 13.0. The van der Waals surface area contributed by atoms with Crippen LogP contribution in [0.4, 0.5) is 5.69 Å². The van der Waals surface area contributed by atoms with Crippen LogP contribution in [-0.2, 0) is 16.1 Å². The lowest BCUT2D eigenvalue weighted by Gasteiger charge is -2.20. The molecular formula is C24H29N3O3. The quantitative estimate of drug-likeness (QED) is 0.728. The minimum atomic E-state index is -0.389. The third-order valence-electron chi connectivity index (χ3n) is 5.39. The summed E-state index contributed by atoms with van der Waals surface area (Å²) in [7, 11) is 1.75. The third kappa shape index (κ3) is 5.26. The van der Waals surface area contributed by atoms with Gasteiger partial charge < -0.3 is 15.1 Å². The van der Waals surface area contributed by atoms with E-state index >= 15 is 0 Å². The summed E-state index contributed by atoms with van der Waals surface area (Å²) < 4.78 is 0. The summed E-state index contributed by atoms with van der Waals surface area (Å²) in [5, 5.41) is 2.88. The van der Waals surface area contributed by atoms with Crippen molar-refractivity contribution in [3.63, 3.8) is 0 Å². The highest BCUT2D eigenvalue weighted by Gasteiger charge is 2.34. The second-order valence-corrected chi connectivity index (χ2v) is 7.78. The Morgan fingerprint density at radius 3 is 2.53 bits per heavy atom. The number of hydrogen-bond donors (Lipinski definition) is 1. The smallest absolute Gasteiger partial charge is 0.256 e. The first-order chi connectivity index (χ1) is 14.5. The highest BCUT2D eigenvalue weighted by atomic mass is 16.2. The first-order valence-corrected chi connectivity index (χ1v) is 10.5. The van der Waals surface area contributed by atoms with E-state index in [1.807, 2.05) is 30.3 Å². The number of rotatable bonds is 8. The molecular weight excluding hydrogens is 378 g/mol. The first-order valence-electron chi connectivity index (χ1n) is 10.5. The number of nitrogens with one attached hydrogen (secondary N) is 1. The molecule has 2 aromatic rings. The van der Waals surface area contributed by atoms with E-state index in [2.05, 4.69) is 12.2 Å². The zero-order valence-electron chi connectivity index (χ0n) is 17.6. The molecule has 3 amide bonds. The maximum Gasteiger partial charge on any atom is 0.256 e. The molecule has 1 aliphatic heterocycles. The van der Waals surface area contributed by atoms with Crippen LogP contribution in [0.25, 0.3) is 0 Å². The molecule has 1 saturated heterocycles. The Morgan fingerprint density at radius 2 is 1.80 bits per heavy atom. The van der Waals surface area contributed by atoms with Crippen molar-refractivity contribution in [3.05, 3.63) is 65.7 Å². The lowest BCUT2D eigenvalue weighted by Crippen LogP contribution is -2.30. The Bertz CT molecular complexity index is 898. The number of nitrogens with zero attached hydrogens (tertiary/aromatic N) is 2. The van der Waals surface area contributed by atoms with Crippen molar-refractivity contribution in [1.82, 2.24) is 9.80 Å². The van der Waals surface area contributed by atoms with Crippen molar-refractivity contribution in [3.8, 4) is 0 Å². The topological polar surface area (TPSA) is 69.7 Å². The zero-order valence-corrected chi connectivity index (χ0v) is 17.6. The molecule has 0 spiro atoms. The van der Waals surface area contributed by atoms with Gasteiger partial charge in [0.05, 0.1) is 17.2 Å². The normalized spacial score (nSPS) is 15.9. The van der Waals surface area contributed by atoms with E-state index in [1.165, 1.54) is 0 Å². The molecule has 0 bridgehead atoms. The summed E-state index contributed by atoms with van der Waals surface area (Å²) in [5.41, 5.74) is 1.95. The molecule has 1 heterocycles. The molecule has 6 nitrogen and oxygen atoms in total. The number of para-hydroxylation sites is 1. The summed E-state index contributed by atoms with van der Waals surface area (Å²) in [5.74, 6) is -0.745. The van der Waals surface area contributed by atoms with Crippen molar-refractivity contribution in [2.45, 2.75) is 32.7 Å². The van der Waals surface area contributed by atoms with Crippen LogP contribution in [-0.4, -0.2) is 47.7 Å². The van der Waals surface area contributed by atoms with Crippen molar-refractivity contribution in [2.24, 2.45) is 5.92 Å². The van der Waals surface area contributed by atoms with E-state index in [0.717, 1.165) is 18.4 Å². The summed E-state index contributed by atoms with van der Waals surface area (Å²) >= 11 is 0. The fourth-order valence-electron chi connectivity index (χ4n) is 3.66. The highest BCUT2D eigenvalue weighted by molar-refractivity contribution is 6.05. The number of amides is 3. The van der Waals surface area contributed by atoms with Gasteiger partial charge in [-0.25, -0.2) is 0 Å². The molecule has 3 rings (SSSR count). The third-order valence-corrected chi connectivity index (χ3v) is 5.39. The van der Waals surface area contributed by atoms with Crippen molar-refractivity contribution in [1.29, 1.82) is 0 Å². The van der Waals surface area contributed by atoms with Crippen molar-refractivity contribution < 1.29 is 14.4 Å². The molecule has 30 heavy (non-hydrogen) atoms. The van der Waals surface area contributed by atoms with Crippen LogP contribution in [0.3, 0.4) is 0 Å². The van der Waals surface area contributed by atoms with E-state index in [-0.39, 0.29) is 30.1 Å². The summed E-state index contributed by atoms with van der Waals surface area (Å²) in [4.78, 5) is 41.4. The Morgan fingerprint density at radius 1 is 1.10 bits per heavy atom. The van der Waals surface area contributed by atoms with Crippen LogP contribution in [0.1, 0.15) is 42.1 Å². The first kappa shape index (κ1) is 21.6. The standard InChI is InChI=1S/C24H29N3O3/c1-3-4-14-27-17-19(15-22(27)28)23(29)25-21-13-9-8-12-20(21)24(30)26(2)16-18-10-6-5-7-11-18/h5-13,19H,3-4,14-17H2,1-2H3,(H,25,29)/t19-/m0/s1. The number of unbranched alkanes of at least 4 members (excludes halogenated alkanes) is 1. The van der Waals surface area contributed by atoms with Gasteiger partial charge in [0, 0.05) is 33.1 Å². The SMILES string of the molecule is CCCCN1C[C@@H](C(=O)Nc2ccccc2C(=O)N(C)Cc2ccccc2)CC1=O. The van der Waals surface area contributed by atoms with Crippen LogP contribution in [0, 0.1) is 5.92 Å². The van der Waals surface area contributed by atoms with E-state index in [9.17, 15) is 14.4 Å².